The molecule has 0 saturated heterocycles. The molecule has 0 aliphatic rings. The molecular weight excluding hydrogens is 548 g/mol. The van der Waals surface area contributed by atoms with Gasteiger partial charge in [-0.05, 0) is 59.0 Å². The second-order valence-electron chi connectivity index (χ2n) is 12.7. The molecule has 0 heterocycles. The summed E-state index contributed by atoms with van der Waals surface area (Å²) < 4.78 is 17.2. The van der Waals surface area contributed by atoms with Crippen molar-refractivity contribution in [3.8, 4) is 0 Å². The van der Waals surface area contributed by atoms with Crippen molar-refractivity contribution in [2.45, 2.75) is 161 Å². The van der Waals surface area contributed by atoms with E-state index in [9.17, 15) is 4.79 Å². The van der Waals surface area contributed by atoms with E-state index in [-0.39, 0.29) is 6.04 Å². The van der Waals surface area contributed by atoms with Gasteiger partial charge in [-0.25, -0.2) is 4.79 Å². The first kappa shape index (κ1) is 42.6. The van der Waals surface area contributed by atoms with Gasteiger partial charge in [-0.15, -0.1) is 0 Å². The number of likely N-dealkylation sites (N-methyl/N-ethyl adjacent to an activating group) is 1. The molecule has 0 spiro atoms. The largest absolute Gasteiger partial charge is 0.448 e. The van der Waals surface area contributed by atoms with E-state index < -0.39 is 6.09 Å². The van der Waals surface area contributed by atoms with Crippen LogP contribution in [0.1, 0.15) is 155 Å². The standard InChI is InChI=1S/C38H74N2O4/c1-5-7-9-11-13-15-17-18-19-20-21-22-24-26-28-30-33-43-36-37(39-38(41)44-34-31-40(3)4)35-42-32-29-27-25-23-16-14-12-10-8-6-2/h13,15,18-19,37H,5-12,14,16-17,20-36H2,1-4H3,(H,39,41)/b15-13-,19-18-. The van der Waals surface area contributed by atoms with Crippen LogP contribution in [0.25, 0.3) is 0 Å². The minimum Gasteiger partial charge on any atom is -0.448 e. The summed E-state index contributed by atoms with van der Waals surface area (Å²) >= 11 is 0. The van der Waals surface area contributed by atoms with Crippen molar-refractivity contribution in [1.82, 2.24) is 10.2 Å². The molecule has 0 radical (unpaired) electrons. The molecule has 0 rings (SSSR count). The first-order valence-corrected chi connectivity index (χ1v) is 18.6. The summed E-state index contributed by atoms with van der Waals surface area (Å²) in [6.45, 7) is 7.98. The second kappa shape index (κ2) is 36.1. The zero-order valence-electron chi connectivity index (χ0n) is 29.8. The van der Waals surface area contributed by atoms with Crippen LogP contribution in [0.5, 0.6) is 0 Å². The number of rotatable bonds is 34. The molecule has 1 atom stereocenters. The van der Waals surface area contributed by atoms with E-state index in [1.807, 2.05) is 19.0 Å². The van der Waals surface area contributed by atoms with Gasteiger partial charge in [0, 0.05) is 19.8 Å². The third-order valence-electron chi connectivity index (χ3n) is 7.86. The summed E-state index contributed by atoms with van der Waals surface area (Å²) in [5, 5.41) is 2.95. The van der Waals surface area contributed by atoms with E-state index in [2.05, 4.69) is 43.5 Å². The fourth-order valence-corrected chi connectivity index (χ4v) is 5.00. The van der Waals surface area contributed by atoms with Gasteiger partial charge < -0.3 is 24.4 Å². The highest BCUT2D eigenvalue weighted by Crippen LogP contribution is 2.11. The molecule has 6 heteroatoms. The summed E-state index contributed by atoms with van der Waals surface area (Å²) in [5.41, 5.74) is 0. The number of unbranched alkanes of at least 4 members (excludes halogenated alkanes) is 18. The summed E-state index contributed by atoms with van der Waals surface area (Å²) in [6.07, 6.45) is 36.9. The lowest BCUT2D eigenvalue weighted by atomic mass is 10.1. The Morgan fingerprint density at radius 2 is 1.02 bits per heavy atom. The number of hydrogen-bond donors (Lipinski definition) is 1. The van der Waals surface area contributed by atoms with Crippen LogP contribution in [0.2, 0.25) is 0 Å². The number of carbonyl (C=O) groups is 1. The maximum Gasteiger partial charge on any atom is 0.407 e. The molecule has 1 unspecified atom stereocenters. The molecular formula is C38H74N2O4. The van der Waals surface area contributed by atoms with Crippen LogP contribution >= 0.6 is 0 Å². The number of nitrogens with one attached hydrogen (secondary N) is 1. The zero-order chi connectivity index (χ0) is 32.2. The lowest BCUT2D eigenvalue weighted by Gasteiger charge is -2.19. The average Bonchev–Trinajstić information content (AvgIpc) is 3.00. The molecule has 0 bridgehead atoms. The van der Waals surface area contributed by atoms with Gasteiger partial charge in [0.15, 0.2) is 0 Å². The number of allylic oxidation sites excluding steroid dienone is 4. The monoisotopic (exact) mass is 623 g/mol. The van der Waals surface area contributed by atoms with Gasteiger partial charge in [0.2, 0.25) is 0 Å². The predicted molar refractivity (Wildman–Crippen MR) is 190 cm³/mol. The lowest BCUT2D eigenvalue weighted by molar-refractivity contribution is 0.0487. The fourth-order valence-electron chi connectivity index (χ4n) is 5.00. The van der Waals surface area contributed by atoms with Crippen molar-refractivity contribution < 1.29 is 19.0 Å². The van der Waals surface area contributed by atoms with Crippen LogP contribution in [0.3, 0.4) is 0 Å². The van der Waals surface area contributed by atoms with Gasteiger partial charge in [0.25, 0.3) is 0 Å². The van der Waals surface area contributed by atoms with Gasteiger partial charge >= 0.3 is 6.09 Å². The van der Waals surface area contributed by atoms with E-state index in [4.69, 9.17) is 14.2 Å². The summed E-state index contributed by atoms with van der Waals surface area (Å²) in [5.74, 6) is 0. The van der Waals surface area contributed by atoms with E-state index in [1.165, 1.54) is 122 Å². The SMILES string of the molecule is CCCCC/C=C\C/C=C\CCCCCCCCOCC(COCCCCCCCCCCCC)NC(=O)OCCN(C)C. The van der Waals surface area contributed by atoms with E-state index in [0.29, 0.717) is 26.4 Å². The Morgan fingerprint density at radius 1 is 0.591 bits per heavy atom. The van der Waals surface area contributed by atoms with Crippen molar-refractivity contribution >= 4 is 6.09 Å². The van der Waals surface area contributed by atoms with Crippen LogP contribution in [0.15, 0.2) is 24.3 Å². The van der Waals surface area contributed by atoms with E-state index in [0.717, 1.165) is 32.5 Å². The van der Waals surface area contributed by atoms with Crippen molar-refractivity contribution in [2.75, 3.05) is 53.7 Å². The fraction of sp³-hybridized carbons (Fsp3) is 0.868. The maximum atomic E-state index is 12.3. The Bertz CT molecular complexity index is 638. The second-order valence-corrected chi connectivity index (χ2v) is 12.7. The topological polar surface area (TPSA) is 60.0 Å². The summed E-state index contributed by atoms with van der Waals surface area (Å²) in [7, 11) is 3.93. The highest BCUT2D eigenvalue weighted by molar-refractivity contribution is 5.67. The number of carbonyl (C=O) groups excluding carboxylic acids is 1. The number of hydrogen-bond acceptors (Lipinski definition) is 5. The maximum absolute atomic E-state index is 12.3. The van der Waals surface area contributed by atoms with Gasteiger partial charge in [-0.1, -0.05) is 134 Å². The van der Waals surface area contributed by atoms with E-state index in [1.54, 1.807) is 0 Å². The minimum atomic E-state index is -0.392. The Morgan fingerprint density at radius 3 is 1.52 bits per heavy atom. The van der Waals surface area contributed by atoms with Crippen LogP contribution in [0.4, 0.5) is 4.79 Å². The van der Waals surface area contributed by atoms with Gasteiger partial charge in [-0.3, -0.25) is 0 Å². The van der Waals surface area contributed by atoms with E-state index >= 15 is 0 Å². The molecule has 6 nitrogen and oxygen atoms in total. The molecule has 44 heavy (non-hydrogen) atoms. The number of nitrogens with zero attached hydrogens (tertiary/aromatic N) is 1. The van der Waals surface area contributed by atoms with Crippen molar-refractivity contribution in [3.05, 3.63) is 24.3 Å². The zero-order valence-corrected chi connectivity index (χ0v) is 29.8. The molecule has 0 aromatic carbocycles. The van der Waals surface area contributed by atoms with Gasteiger partial charge in [-0.2, -0.15) is 0 Å². The summed E-state index contributed by atoms with van der Waals surface area (Å²) in [6, 6.07) is -0.186. The van der Waals surface area contributed by atoms with Crippen LogP contribution in [-0.4, -0.2) is 70.7 Å². The molecule has 1 amide bonds. The molecule has 1 N–H and O–H groups in total. The normalized spacial score (nSPS) is 12.6. The van der Waals surface area contributed by atoms with Crippen LogP contribution in [0, 0.1) is 0 Å². The Hall–Kier alpha value is -1.37. The number of ether oxygens (including phenoxy) is 3. The quantitative estimate of drug-likeness (QED) is 0.0571. The average molecular weight is 623 g/mol. The summed E-state index contributed by atoms with van der Waals surface area (Å²) in [4.78, 5) is 14.3. The number of alkyl carbamates (subject to hydrolysis) is 1. The molecule has 260 valence electrons. The smallest absolute Gasteiger partial charge is 0.407 e. The Kier molecular flexibility index (Phi) is 35.0. The number of amides is 1. The predicted octanol–water partition coefficient (Wildman–Crippen LogP) is 10.4. The van der Waals surface area contributed by atoms with Crippen molar-refractivity contribution in [1.29, 1.82) is 0 Å². The Balaban J connectivity index is 3.92. The molecule has 0 saturated carbocycles. The minimum absolute atomic E-state index is 0.186. The first-order chi connectivity index (χ1) is 21.6. The van der Waals surface area contributed by atoms with Crippen LogP contribution in [-0.2, 0) is 14.2 Å². The van der Waals surface area contributed by atoms with Gasteiger partial charge in [0.1, 0.15) is 6.61 Å². The molecule has 0 aromatic rings. The van der Waals surface area contributed by atoms with Crippen molar-refractivity contribution in [3.63, 3.8) is 0 Å². The van der Waals surface area contributed by atoms with Gasteiger partial charge in [0.05, 0.1) is 19.3 Å². The molecule has 0 aliphatic heterocycles. The highest BCUT2D eigenvalue weighted by atomic mass is 16.6. The Labute approximate surface area is 274 Å². The highest BCUT2D eigenvalue weighted by Gasteiger charge is 2.14. The lowest BCUT2D eigenvalue weighted by Crippen LogP contribution is -2.42. The molecule has 0 aliphatic carbocycles. The molecule has 0 aromatic heterocycles. The third-order valence-corrected chi connectivity index (χ3v) is 7.86. The molecule has 0 fully saturated rings. The van der Waals surface area contributed by atoms with Crippen molar-refractivity contribution in [2.24, 2.45) is 0 Å². The first-order valence-electron chi connectivity index (χ1n) is 18.6. The van der Waals surface area contributed by atoms with Crippen LogP contribution < -0.4 is 5.32 Å². The third kappa shape index (κ3) is 35.1.